The second kappa shape index (κ2) is 6.87. The van der Waals surface area contributed by atoms with Gasteiger partial charge in [0.2, 0.25) is 5.89 Å². The molecule has 0 saturated heterocycles. The summed E-state index contributed by atoms with van der Waals surface area (Å²) in [5, 5.41) is 0. The van der Waals surface area contributed by atoms with Crippen molar-refractivity contribution in [3.8, 4) is 11.3 Å². The van der Waals surface area contributed by atoms with Crippen LogP contribution in [0.2, 0.25) is 0 Å². The van der Waals surface area contributed by atoms with E-state index in [1.54, 1.807) is 6.20 Å². The molecule has 2 aromatic rings. The number of hydrogen-bond acceptors (Lipinski definition) is 4. The molecule has 0 amide bonds. The van der Waals surface area contributed by atoms with Gasteiger partial charge in [0.15, 0.2) is 5.76 Å². The SMILES string of the molecule is CCN(Cc1ncc(-c2ccccc2)o1)CC(C)(C)CN. The summed E-state index contributed by atoms with van der Waals surface area (Å²) in [6, 6.07) is 10.0. The van der Waals surface area contributed by atoms with Gasteiger partial charge in [-0.05, 0) is 18.5 Å². The minimum atomic E-state index is 0.102. The van der Waals surface area contributed by atoms with Crippen molar-refractivity contribution in [2.75, 3.05) is 19.6 Å². The standard InChI is InChI=1S/C17H25N3O/c1-4-20(13-17(2,3)12-18)11-16-19-10-15(21-16)14-8-6-5-7-9-14/h5-10H,4,11-13,18H2,1-3H3. The first-order valence-corrected chi connectivity index (χ1v) is 7.46. The molecular formula is C17H25N3O. The number of hydrogen-bond donors (Lipinski definition) is 1. The minimum absolute atomic E-state index is 0.102. The summed E-state index contributed by atoms with van der Waals surface area (Å²) in [6.07, 6.45) is 1.80. The third-order valence-electron chi connectivity index (χ3n) is 3.62. The van der Waals surface area contributed by atoms with E-state index in [9.17, 15) is 0 Å². The van der Waals surface area contributed by atoms with E-state index >= 15 is 0 Å². The van der Waals surface area contributed by atoms with Crippen molar-refractivity contribution in [2.45, 2.75) is 27.3 Å². The highest BCUT2D eigenvalue weighted by atomic mass is 16.4. The maximum Gasteiger partial charge on any atom is 0.209 e. The zero-order valence-electron chi connectivity index (χ0n) is 13.2. The normalized spacial score (nSPS) is 12.0. The van der Waals surface area contributed by atoms with Crippen LogP contribution >= 0.6 is 0 Å². The maximum atomic E-state index is 5.87. The molecule has 2 rings (SSSR count). The lowest BCUT2D eigenvalue weighted by Gasteiger charge is -2.30. The van der Waals surface area contributed by atoms with Crippen LogP contribution in [0.5, 0.6) is 0 Å². The van der Waals surface area contributed by atoms with E-state index in [0.717, 1.165) is 30.3 Å². The first-order chi connectivity index (χ1) is 10.0. The van der Waals surface area contributed by atoms with Crippen molar-refractivity contribution in [3.63, 3.8) is 0 Å². The number of oxazole rings is 1. The second-order valence-corrected chi connectivity index (χ2v) is 6.16. The monoisotopic (exact) mass is 287 g/mol. The second-order valence-electron chi connectivity index (χ2n) is 6.16. The Balaban J connectivity index is 2.04. The molecule has 114 valence electrons. The van der Waals surface area contributed by atoms with Gasteiger partial charge in [-0.1, -0.05) is 51.1 Å². The molecule has 0 radical (unpaired) electrons. The van der Waals surface area contributed by atoms with Crippen molar-refractivity contribution in [3.05, 3.63) is 42.4 Å². The van der Waals surface area contributed by atoms with Crippen LogP contribution in [0.15, 0.2) is 40.9 Å². The molecule has 0 aliphatic heterocycles. The highest BCUT2D eigenvalue weighted by Crippen LogP contribution is 2.21. The van der Waals surface area contributed by atoms with Crippen molar-refractivity contribution in [1.82, 2.24) is 9.88 Å². The van der Waals surface area contributed by atoms with Crippen LogP contribution in [0.1, 0.15) is 26.7 Å². The summed E-state index contributed by atoms with van der Waals surface area (Å²) in [7, 11) is 0. The predicted octanol–water partition coefficient (Wildman–Crippen LogP) is 3.15. The molecular weight excluding hydrogens is 262 g/mol. The number of nitrogens with two attached hydrogens (primary N) is 1. The van der Waals surface area contributed by atoms with Crippen LogP contribution < -0.4 is 5.73 Å². The van der Waals surface area contributed by atoms with E-state index in [0.29, 0.717) is 13.1 Å². The van der Waals surface area contributed by atoms with Gasteiger partial charge in [0, 0.05) is 12.1 Å². The summed E-state index contributed by atoms with van der Waals surface area (Å²) < 4.78 is 5.87. The van der Waals surface area contributed by atoms with Gasteiger partial charge in [0.1, 0.15) is 0 Å². The molecule has 1 aromatic heterocycles. The topological polar surface area (TPSA) is 55.3 Å². The molecule has 0 unspecified atom stereocenters. The Labute approximate surface area is 127 Å². The van der Waals surface area contributed by atoms with E-state index in [1.165, 1.54) is 0 Å². The molecule has 21 heavy (non-hydrogen) atoms. The van der Waals surface area contributed by atoms with Gasteiger partial charge < -0.3 is 10.2 Å². The smallest absolute Gasteiger partial charge is 0.209 e. The van der Waals surface area contributed by atoms with E-state index < -0.39 is 0 Å². The van der Waals surface area contributed by atoms with Gasteiger partial charge in [0.25, 0.3) is 0 Å². The Kier molecular flexibility index (Phi) is 5.15. The molecule has 0 spiro atoms. The van der Waals surface area contributed by atoms with Crippen LogP contribution in [-0.4, -0.2) is 29.5 Å². The third kappa shape index (κ3) is 4.41. The largest absolute Gasteiger partial charge is 0.439 e. The van der Waals surface area contributed by atoms with Crippen molar-refractivity contribution in [1.29, 1.82) is 0 Å². The minimum Gasteiger partial charge on any atom is -0.439 e. The highest BCUT2D eigenvalue weighted by Gasteiger charge is 2.20. The number of benzene rings is 1. The molecule has 0 aliphatic carbocycles. The fourth-order valence-electron chi connectivity index (χ4n) is 2.26. The van der Waals surface area contributed by atoms with Crippen LogP contribution in [0.3, 0.4) is 0 Å². The van der Waals surface area contributed by atoms with Gasteiger partial charge in [0.05, 0.1) is 12.7 Å². The Morgan fingerprint density at radius 2 is 1.95 bits per heavy atom. The fraction of sp³-hybridized carbons (Fsp3) is 0.471. The summed E-state index contributed by atoms with van der Waals surface area (Å²) >= 11 is 0. The maximum absolute atomic E-state index is 5.87. The highest BCUT2D eigenvalue weighted by molar-refractivity contribution is 5.55. The Morgan fingerprint density at radius 3 is 2.57 bits per heavy atom. The number of nitrogens with zero attached hydrogens (tertiary/aromatic N) is 2. The zero-order valence-corrected chi connectivity index (χ0v) is 13.2. The van der Waals surface area contributed by atoms with Gasteiger partial charge in [-0.2, -0.15) is 0 Å². The summed E-state index contributed by atoms with van der Waals surface area (Å²) in [5.41, 5.74) is 6.98. The molecule has 0 fully saturated rings. The predicted molar refractivity (Wildman–Crippen MR) is 85.7 cm³/mol. The molecule has 0 bridgehead atoms. The van der Waals surface area contributed by atoms with Gasteiger partial charge in [-0.3, -0.25) is 4.90 Å². The Morgan fingerprint density at radius 1 is 1.24 bits per heavy atom. The number of aromatic nitrogens is 1. The van der Waals surface area contributed by atoms with Crippen molar-refractivity contribution >= 4 is 0 Å². The van der Waals surface area contributed by atoms with Gasteiger partial charge in [-0.15, -0.1) is 0 Å². The fourth-order valence-corrected chi connectivity index (χ4v) is 2.26. The molecule has 4 nitrogen and oxygen atoms in total. The third-order valence-corrected chi connectivity index (χ3v) is 3.62. The molecule has 1 aromatic carbocycles. The Bertz CT molecular complexity index is 548. The van der Waals surface area contributed by atoms with Crippen LogP contribution in [-0.2, 0) is 6.54 Å². The molecule has 2 N–H and O–H groups in total. The molecule has 4 heteroatoms. The summed E-state index contributed by atoms with van der Waals surface area (Å²) in [4.78, 5) is 6.71. The lowest BCUT2D eigenvalue weighted by molar-refractivity contribution is 0.170. The molecule has 0 atom stereocenters. The average Bonchev–Trinajstić information content (AvgIpc) is 2.96. The average molecular weight is 287 g/mol. The molecule has 0 aliphatic rings. The van der Waals surface area contributed by atoms with E-state index in [-0.39, 0.29) is 5.41 Å². The van der Waals surface area contributed by atoms with Gasteiger partial charge in [-0.25, -0.2) is 4.98 Å². The molecule has 0 saturated carbocycles. The van der Waals surface area contributed by atoms with Crippen LogP contribution in [0.25, 0.3) is 11.3 Å². The van der Waals surface area contributed by atoms with E-state index in [1.807, 2.05) is 30.3 Å². The first kappa shape index (κ1) is 15.7. The van der Waals surface area contributed by atoms with Crippen LogP contribution in [0.4, 0.5) is 0 Å². The van der Waals surface area contributed by atoms with E-state index in [4.69, 9.17) is 10.2 Å². The lowest BCUT2D eigenvalue weighted by Crippen LogP contribution is -2.38. The van der Waals surface area contributed by atoms with E-state index in [2.05, 4.69) is 30.7 Å². The number of rotatable bonds is 7. The quantitative estimate of drug-likeness (QED) is 0.850. The van der Waals surface area contributed by atoms with Crippen molar-refractivity contribution < 1.29 is 4.42 Å². The first-order valence-electron chi connectivity index (χ1n) is 7.46. The Hall–Kier alpha value is -1.65. The van der Waals surface area contributed by atoms with Gasteiger partial charge >= 0.3 is 0 Å². The molecule has 1 heterocycles. The van der Waals surface area contributed by atoms with Crippen molar-refractivity contribution in [2.24, 2.45) is 11.1 Å². The summed E-state index contributed by atoms with van der Waals surface area (Å²) in [5.74, 6) is 1.57. The summed E-state index contributed by atoms with van der Waals surface area (Å²) in [6.45, 7) is 9.78. The lowest BCUT2D eigenvalue weighted by atomic mass is 9.93. The zero-order chi connectivity index (χ0) is 15.3. The van der Waals surface area contributed by atoms with Crippen LogP contribution in [0, 0.1) is 5.41 Å².